The van der Waals surface area contributed by atoms with Crippen LogP contribution in [0, 0.1) is 0 Å². The number of benzene rings is 2. The van der Waals surface area contributed by atoms with Crippen molar-refractivity contribution in [3.63, 3.8) is 0 Å². The van der Waals surface area contributed by atoms with Gasteiger partial charge in [0.25, 0.3) is 0 Å². The monoisotopic (exact) mass is 290 g/mol. The van der Waals surface area contributed by atoms with Crippen LogP contribution in [-0.2, 0) is 19.3 Å². The van der Waals surface area contributed by atoms with Gasteiger partial charge in [-0.05, 0) is 65.5 Å². The third-order valence-corrected chi connectivity index (χ3v) is 5.51. The predicted molar refractivity (Wildman–Crippen MR) is 94.4 cm³/mol. The van der Waals surface area contributed by atoms with Crippen molar-refractivity contribution in [1.82, 2.24) is 0 Å². The molecule has 0 amide bonds. The third-order valence-electron chi connectivity index (χ3n) is 5.51. The first-order valence-electron chi connectivity index (χ1n) is 9.15. The van der Waals surface area contributed by atoms with Gasteiger partial charge in [-0.15, -0.1) is 0 Å². The molecule has 0 saturated carbocycles. The Morgan fingerprint density at radius 1 is 0.500 bits per heavy atom. The topological polar surface area (TPSA) is 0 Å². The minimum atomic E-state index is 1.14. The Balaban J connectivity index is 1.70. The predicted octanol–water partition coefficient (Wildman–Crippen LogP) is 6.09. The van der Waals surface area contributed by atoms with Gasteiger partial charge >= 0.3 is 0 Å². The van der Waals surface area contributed by atoms with Crippen molar-refractivity contribution in [2.24, 2.45) is 0 Å². The van der Waals surface area contributed by atoms with Crippen LogP contribution in [0.1, 0.15) is 67.2 Å². The van der Waals surface area contributed by atoms with Gasteiger partial charge in [-0.25, -0.2) is 0 Å². The van der Waals surface area contributed by atoms with Crippen LogP contribution < -0.4 is 0 Å². The second kappa shape index (κ2) is 6.28. The molecule has 0 unspecified atom stereocenters. The fraction of sp³-hybridized carbons (Fsp3) is 0.455. The standard InChI is InChI=1S/C22H26/c1-2-4-6-10-17-14-20-15-19-12-8-9-13-21(19)22(20)16-18(17)11-7-5-3-1/h8-9,12-14,16H,1-7,10-11,15H2. The molecule has 0 nitrogen and oxygen atoms in total. The zero-order chi connectivity index (χ0) is 14.8. The van der Waals surface area contributed by atoms with E-state index < -0.39 is 0 Å². The highest BCUT2D eigenvalue weighted by atomic mass is 14.2. The van der Waals surface area contributed by atoms with Crippen LogP contribution in [0.4, 0.5) is 0 Å². The highest BCUT2D eigenvalue weighted by Gasteiger charge is 2.20. The zero-order valence-corrected chi connectivity index (χ0v) is 13.5. The summed E-state index contributed by atoms with van der Waals surface area (Å²) in [5.41, 5.74) is 9.36. The van der Waals surface area contributed by atoms with Crippen molar-refractivity contribution >= 4 is 0 Å². The Labute approximate surface area is 134 Å². The highest BCUT2D eigenvalue weighted by Crippen LogP contribution is 2.38. The molecule has 0 atom stereocenters. The average molecular weight is 290 g/mol. The molecular weight excluding hydrogens is 264 g/mol. The molecule has 0 saturated heterocycles. The molecule has 2 aliphatic rings. The molecule has 0 heteroatoms. The van der Waals surface area contributed by atoms with Crippen LogP contribution in [0.15, 0.2) is 36.4 Å². The lowest BCUT2D eigenvalue weighted by molar-refractivity contribution is 0.587. The van der Waals surface area contributed by atoms with E-state index in [4.69, 9.17) is 0 Å². The van der Waals surface area contributed by atoms with Crippen molar-refractivity contribution in [3.05, 3.63) is 58.7 Å². The smallest absolute Gasteiger partial charge is 0.00134 e. The fourth-order valence-electron chi connectivity index (χ4n) is 4.26. The Morgan fingerprint density at radius 2 is 1.14 bits per heavy atom. The van der Waals surface area contributed by atoms with Crippen LogP contribution in [0.5, 0.6) is 0 Å². The lowest BCUT2D eigenvalue weighted by Crippen LogP contribution is -1.97. The van der Waals surface area contributed by atoms with E-state index in [1.54, 1.807) is 16.7 Å². The van der Waals surface area contributed by atoms with Gasteiger partial charge in [-0.1, -0.05) is 68.5 Å². The second-order valence-corrected chi connectivity index (χ2v) is 7.09. The van der Waals surface area contributed by atoms with Gasteiger partial charge in [0.2, 0.25) is 0 Å². The Morgan fingerprint density at radius 3 is 1.91 bits per heavy atom. The molecule has 0 aromatic heterocycles. The highest BCUT2D eigenvalue weighted by molar-refractivity contribution is 5.77. The average Bonchev–Trinajstić information content (AvgIpc) is 2.87. The van der Waals surface area contributed by atoms with E-state index >= 15 is 0 Å². The molecule has 0 aliphatic heterocycles. The quantitative estimate of drug-likeness (QED) is 0.470. The first-order chi connectivity index (χ1) is 10.9. The summed E-state index contributed by atoms with van der Waals surface area (Å²) >= 11 is 0. The summed E-state index contributed by atoms with van der Waals surface area (Å²) in [5, 5.41) is 0. The lowest BCUT2D eigenvalue weighted by Gasteiger charge is -2.13. The number of aryl methyl sites for hydroxylation is 2. The van der Waals surface area contributed by atoms with Crippen LogP contribution in [-0.4, -0.2) is 0 Å². The molecule has 4 rings (SSSR count). The number of rotatable bonds is 0. The molecule has 0 heterocycles. The van der Waals surface area contributed by atoms with Crippen molar-refractivity contribution in [1.29, 1.82) is 0 Å². The van der Waals surface area contributed by atoms with Gasteiger partial charge in [0.15, 0.2) is 0 Å². The summed E-state index contributed by atoms with van der Waals surface area (Å²) in [4.78, 5) is 0. The van der Waals surface area contributed by atoms with E-state index in [0.717, 1.165) is 6.42 Å². The number of hydrogen-bond acceptors (Lipinski definition) is 0. The van der Waals surface area contributed by atoms with E-state index in [9.17, 15) is 0 Å². The normalized spacial score (nSPS) is 18.0. The first-order valence-corrected chi connectivity index (χ1v) is 9.15. The van der Waals surface area contributed by atoms with Crippen molar-refractivity contribution < 1.29 is 0 Å². The molecular formula is C22H26. The first kappa shape index (κ1) is 14.1. The maximum Gasteiger partial charge on any atom is -0.00134 e. The molecule has 0 spiro atoms. The molecule has 2 aromatic rings. The maximum absolute atomic E-state index is 2.54. The maximum atomic E-state index is 2.54. The van der Waals surface area contributed by atoms with Crippen molar-refractivity contribution in [3.8, 4) is 11.1 Å². The number of hydrogen-bond donors (Lipinski definition) is 0. The van der Waals surface area contributed by atoms with E-state index in [0.29, 0.717) is 0 Å². The summed E-state index contributed by atoms with van der Waals surface area (Å²) in [6.45, 7) is 0. The van der Waals surface area contributed by atoms with Crippen LogP contribution >= 0.6 is 0 Å². The Hall–Kier alpha value is -1.56. The van der Waals surface area contributed by atoms with Crippen molar-refractivity contribution in [2.75, 3.05) is 0 Å². The van der Waals surface area contributed by atoms with Gasteiger partial charge in [0.1, 0.15) is 0 Å². The molecule has 22 heavy (non-hydrogen) atoms. The zero-order valence-electron chi connectivity index (χ0n) is 13.5. The Bertz CT molecular complexity index is 666. The largest absolute Gasteiger partial charge is 0.0619 e. The minimum absolute atomic E-state index is 1.14. The van der Waals surface area contributed by atoms with Gasteiger partial charge in [0.05, 0.1) is 0 Å². The van der Waals surface area contributed by atoms with Crippen molar-refractivity contribution in [2.45, 2.75) is 64.2 Å². The van der Waals surface area contributed by atoms with Crippen LogP contribution in [0.2, 0.25) is 0 Å². The molecule has 0 radical (unpaired) electrons. The summed E-state index contributed by atoms with van der Waals surface area (Å²) in [6, 6.07) is 14.0. The molecule has 2 aromatic carbocycles. The van der Waals surface area contributed by atoms with Gasteiger partial charge in [0, 0.05) is 0 Å². The number of fused-ring (bicyclic) bond motifs is 4. The van der Waals surface area contributed by atoms with Crippen LogP contribution in [0.3, 0.4) is 0 Å². The minimum Gasteiger partial charge on any atom is -0.0619 e. The Kier molecular flexibility index (Phi) is 4.01. The molecule has 2 aliphatic carbocycles. The van der Waals surface area contributed by atoms with E-state index in [-0.39, 0.29) is 0 Å². The molecule has 0 fully saturated rings. The van der Waals surface area contributed by atoms with Gasteiger partial charge < -0.3 is 0 Å². The molecule has 114 valence electrons. The summed E-state index contributed by atoms with van der Waals surface area (Å²) in [7, 11) is 0. The van der Waals surface area contributed by atoms with Gasteiger partial charge in [-0.2, -0.15) is 0 Å². The second-order valence-electron chi connectivity index (χ2n) is 7.09. The summed E-state index contributed by atoms with van der Waals surface area (Å²) < 4.78 is 0. The fourth-order valence-corrected chi connectivity index (χ4v) is 4.26. The van der Waals surface area contributed by atoms with E-state index in [1.807, 2.05) is 0 Å². The summed E-state index contributed by atoms with van der Waals surface area (Å²) in [6.07, 6.45) is 13.6. The molecule has 0 N–H and O–H groups in total. The van der Waals surface area contributed by atoms with Gasteiger partial charge in [-0.3, -0.25) is 0 Å². The van der Waals surface area contributed by atoms with Crippen LogP contribution in [0.25, 0.3) is 11.1 Å². The SMILES string of the molecule is c1ccc2c(c1)Cc1cc3c(cc1-2)CCCCCCCCC3. The van der Waals surface area contributed by atoms with E-state index in [2.05, 4.69) is 36.4 Å². The van der Waals surface area contributed by atoms with E-state index in [1.165, 1.54) is 74.5 Å². The molecule has 0 bridgehead atoms. The lowest BCUT2D eigenvalue weighted by atomic mass is 9.92. The third kappa shape index (κ3) is 2.72. The summed E-state index contributed by atoms with van der Waals surface area (Å²) in [5.74, 6) is 0.